The van der Waals surface area contributed by atoms with Gasteiger partial charge < -0.3 is 4.98 Å². The van der Waals surface area contributed by atoms with E-state index in [0.717, 1.165) is 18.7 Å². The van der Waals surface area contributed by atoms with Gasteiger partial charge >= 0.3 is 0 Å². The summed E-state index contributed by atoms with van der Waals surface area (Å²) in [5, 5.41) is 9.77. The molecule has 3 rings (SSSR count). The van der Waals surface area contributed by atoms with Crippen LogP contribution >= 0.6 is 0 Å². The average molecular weight is 268 g/mol. The van der Waals surface area contributed by atoms with E-state index in [1.54, 1.807) is 0 Å². The van der Waals surface area contributed by atoms with Gasteiger partial charge in [-0.1, -0.05) is 37.6 Å². The quantitative estimate of drug-likeness (QED) is 0.766. The molecular weight excluding hydrogens is 248 g/mol. The minimum absolute atomic E-state index is 0.486. The Kier molecular flexibility index (Phi) is 3.54. The molecule has 0 aliphatic heterocycles. The molecule has 1 unspecified atom stereocenters. The topological polar surface area (TPSA) is 46.5 Å². The number of hydrogen-bond donors (Lipinski definition) is 1. The second kappa shape index (κ2) is 5.49. The normalized spacial score (nSPS) is 12.9. The zero-order chi connectivity index (χ0) is 13.9. The largest absolute Gasteiger partial charge is 0.361 e. The van der Waals surface area contributed by atoms with E-state index < -0.39 is 0 Å². The molecule has 0 radical (unpaired) electrons. The third-order valence-electron chi connectivity index (χ3n) is 3.75. The van der Waals surface area contributed by atoms with Crippen molar-refractivity contribution in [2.24, 2.45) is 0 Å². The highest BCUT2D eigenvalue weighted by Gasteiger charge is 2.09. The van der Waals surface area contributed by atoms with Crippen LogP contribution < -0.4 is 0 Å². The second-order valence-corrected chi connectivity index (χ2v) is 5.43. The second-order valence-electron chi connectivity index (χ2n) is 5.43. The van der Waals surface area contributed by atoms with E-state index >= 15 is 0 Å². The van der Waals surface area contributed by atoms with E-state index in [1.807, 2.05) is 10.9 Å². The number of aromatic nitrogens is 4. The summed E-state index contributed by atoms with van der Waals surface area (Å²) in [7, 11) is 0. The summed E-state index contributed by atoms with van der Waals surface area (Å²) in [5.41, 5.74) is 3.49. The van der Waals surface area contributed by atoms with E-state index in [-0.39, 0.29) is 0 Å². The van der Waals surface area contributed by atoms with Crippen LogP contribution in [0.4, 0.5) is 0 Å². The van der Waals surface area contributed by atoms with Gasteiger partial charge in [0.1, 0.15) is 0 Å². The number of nitrogens with zero attached hydrogens (tertiary/aromatic N) is 3. The number of aromatic amines is 1. The molecule has 1 N–H and O–H groups in total. The maximum Gasteiger partial charge on any atom is 0.0855 e. The number of rotatable bonds is 5. The lowest BCUT2D eigenvalue weighted by Crippen LogP contribution is -2.00. The molecule has 0 fully saturated rings. The molecular formula is C16H20N4. The Morgan fingerprint density at radius 2 is 2.20 bits per heavy atom. The summed E-state index contributed by atoms with van der Waals surface area (Å²) in [6.45, 7) is 5.18. The van der Waals surface area contributed by atoms with Crippen LogP contribution in [0, 0.1) is 0 Å². The third kappa shape index (κ3) is 2.59. The minimum Gasteiger partial charge on any atom is -0.361 e. The Hall–Kier alpha value is -2.10. The minimum atomic E-state index is 0.486. The Morgan fingerprint density at radius 3 is 3.05 bits per heavy atom. The number of nitrogens with one attached hydrogen (secondary N) is 1. The first kappa shape index (κ1) is 12.9. The molecule has 1 aromatic carbocycles. The van der Waals surface area contributed by atoms with Crippen LogP contribution in [0.25, 0.3) is 10.9 Å². The maximum absolute atomic E-state index is 4.29. The fraction of sp³-hybridized carbons (Fsp3) is 0.375. The van der Waals surface area contributed by atoms with Crippen LogP contribution in [0.2, 0.25) is 0 Å². The standard InChI is InChI=1S/C16H20N4/c1-3-4-12(2)16-11-20(19-18-16)10-13-5-6-14-7-8-17-15(14)9-13/h5-9,11-12,17H,3-4,10H2,1-2H3. The van der Waals surface area contributed by atoms with Crippen molar-refractivity contribution in [3.63, 3.8) is 0 Å². The van der Waals surface area contributed by atoms with Crippen LogP contribution in [-0.4, -0.2) is 20.0 Å². The highest BCUT2D eigenvalue weighted by atomic mass is 15.4. The highest BCUT2D eigenvalue weighted by molar-refractivity contribution is 5.79. The van der Waals surface area contributed by atoms with Crippen molar-refractivity contribution in [2.75, 3.05) is 0 Å². The molecule has 104 valence electrons. The lowest BCUT2D eigenvalue weighted by molar-refractivity contribution is 0.637. The van der Waals surface area contributed by atoms with Gasteiger partial charge in [-0.25, -0.2) is 4.68 Å². The SMILES string of the molecule is CCCC(C)c1cn(Cc2ccc3cc[nH]c3c2)nn1. The van der Waals surface area contributed by atoms with Crippen LogP contribution in [0.15, 0.2) is 36.7 Å². The van der Waals surface area contributed by atoms with Crippen LogP contribution in [0.1, 0.15) is 43.9 Å². The zero-order valence-electron chi connectivity index (χ0n) is 12.0. The molecule has 0 aliphatic carbocycles. The number of H-pyrrole nitrogens is 1. The van der Waals surface area contributed by atoms with Crippen LogP contribution in [0.3, 0.4) is 0 Å². The van der Waals surface area contributed by atoms with Crippen LogP contribution in [-0.2, 0) is 6.54 Å². The molecule has 0 amide bonds. The highest BCUT2D eigenvalue weighted by Crippen LogP contribution is 2.18. The number of hydrogen-bond acceptors (Lipinski definition) is 2. The molecule has 0 saturated heterocycles. The Morgan fingerprint density at radius 1 is 1.30 bits per heavy atom. The molecule has 0 aliphatic rings. The van der Waals surface area contributed by atoms with Gasteiger partial charge in [0.05, 0.1) is 12.2 Å². The summed E-state index contributed by atoms with van der Waals surface area (Å²) in [6.07, 6.45) is 6.37. The smallest absolute Gasteiger partial charge is 0.0855 e. The Balaban J connectivity index is 1.76. The van der Waals surface area contributed by atoms with E-state index in [1.165, 1.54) is 22.9 Å². The Bertz CT molecular complexity index is 695. The van der Waals surface area contributed by atoms with E-state index in [9.17, 15) is 0 Å². The molecule has 2 aromatic heterocycles. The van der Waals surface area contributed by atoms with Gasteiger partial charge in [-0.05, 0) is 29.5 Å². The van der Waals surface area contributed by atoms with Gasteiger partial charge in [0.15, 0.2) is 0 Å². The molecule has 4 nitrogen and oxygen atoms in total. The predicted octanol–water partition coefficient (Wildman–Crippen LogP) is 3.71. The van der Waals surface area contributed by atoms with E-state index in [4.69, 9.17) is 0 Å². The summed E-state index contributed by atoms with van der Waals surface area (Å²) >= 11 is 0. The Labute approximate surface area is 118 Å². The molecule has 1 atom stereocenters. The summed E-state index contributed by atoms with van der Waals surface area (Å²) in [6, 6.07) is 8.54. The zero-order valence-corrected chi connectivity index (χ0v) is 12.0. The average Bonchev–Trinajstić information content (AvgIpc) is 3.07. The molecule has 0 spiro atoms. The maximum atomic E-state index is 4.29. The molecule has 20 heavy (non-hydrogen) atoms. The molecule has 3 aromatic rings. The number of benzene rings is 1. The lowest BCUT2D eigenvalue weighted by Gasteiger charge is -2.04. The van der Waals surface area contributed by atoms with Crippen molar-refractivity contribution in [2.45, 2.75) is 39.2 Å². The van der Waals surface area contributed by atoms with Crippen molar-refractivity contribution < 1.29 is 0 Å². The molecule has 4 heteroatoms. The molecule has 2 heterocycles. The first-order valence-electron chi connectivity index (χ1n) is 7.22. The van der Waals surface area contributed by atoms with Gasteiger partial charge in [0.2, 0.25) is 0 Å². The van der Waals surface area contributed by atoms with Gasteiger partial charge in [0, 0.05) is 23.8 Å². The first-order chi connectivity index (χ1) is 9.76. The lowest BCUT2D eigenvalue weighted by atomic mass is 10.0. The monoisotopic (exact) mass is 268 g/mol. The summed E-state index contributed by atoms with van der Waals surface area (Å²) in [4.78, 5) is 3.24. The van der Waals surface area contributed by atoms with Gasteiger partial charge in [-0.3, -0.25) is 0 Å². The predicted molar refractivity (Wildman–Crippen MR) is 80.7 cm³/mol. The van der Waals surface area contributed by atoms with Gasteiger partial charge in [-0.2, -0.15) is 0 Å². The van der Waals surface area contributed by atoms with Crippen molar-refractivity contribution in [1.29, 1.82) is 0 Å². The van der Waals surface area contributed by atoms with Crippen LogP contribution in [0.5, 0.6) is 0 Å². The van der Waals surface area contributed by atoms with Crippen molar-refractivity contribution >= 4 is 10.9 Å². The first-order valence-corrected chi connectivity index (χ1v) is 7.22. The van der Waals surface area contributed by atoms with Gasteiger partial charge in [0.25, 0.3) is 0 Å². The van der Waals surface area contributed by atoms with E-state index in [2.05, 4.69) is 59.6 Å². The fourth-order valence-corrected chi connectivity index (χ4v) is 2.58. The van der Waals surface area contributed by atoms with Crippen molar-refractivity contribution in [1.82, 2.24) is 20.0 Å². The molecule has 0 bridgehead atoms. The fourth-order valence-electron chi connectivity index (χ4n) is 2.58. The van der Waals surface area contributed by atoms with Gasteiger partial charge in [-0.15, -0.1) is 5.10 Å². The van der Waals surface area contributed by atoms with E-state index in [0.29, 0.717) is 5.92 Å². The summed E-state index contributed by atoms with van der Waals surface area (Å²) in [5.74, 6) is 0.486. The molecule has 0 saturated carbocycles. The third-order valence-corrected chi connectivity index (χ3v) is 3.75. The van der Waals surface area contributed by atoms with Crippen molar-refractivity contribution in [3.8, 4) is 0 Å². The summed E-state index contributed by atoms with van der Waals surface area (Å²) < 4.78 is 1.92. The van der Waals surface area contributed by atoms with Crippen molar-refractivity contribution in [3.05, 3.63) is 47.9 Å². The number of fused-ring (bicyclic) bond motifs is 1.